The van der Waals surface area contributed by atoms with Crippen LogP contribution in [0.3, 0.4) is 0 Å². The summed E-state index contributed by atoms with van der Waals surface area (Å²) in [7, 11) is 0. The van der Waals surface area contributed by atoms with Crippen LogP contribution in [0.4, 0.5) is 5.69 Å². The summed E-state index contributed by atoms with van der Waals surface area (Å²) in [6, 6.07) is 9.71. The normalized spacial score (nSPS) is 11.0. The van der Waals surface area contributed by atoms with E-state index in [2.05, 4.69) is 9.97 Å². The number of anilines is 1. The number of benzene rings is 1. The summed E-state index contributed by atoms with van der Waals surface area (Å²) < 4.78 is 0. The number of fused-ring (bicyclic) bond motifs is 1. The Balaban J connectivity index is 1.76. The van der Waals surface area contributed by atoms with Crippen LogP contribution in [0.15, 0.2) is 40.3 Å². The molecule has 2 heterocycles. The Kier molecular flexibility index (Phi) is 5.24. The summed E-state index contributed by atoms with van der Waals surface area (Å²) in [6.45, 7) is 6.49. The molecule has 3 rings (SSSR count). The molecule has 1 N–H and O–H groups in total. The van der Waals surface area contributed by atoms with Crippen LogP contribution in [-0.4, -0.2) is 28.2 Å². The lowest BCUT2D eigenvalue weighted by atomic mass is 10.2. The first kappa shape index (κ1) is 17.7. The molecule has 0 saturated heterocycles. The van der Waals surface area contributed by atoms with E-state index in [4.69, 9.17) is 0 Å². The van der Waals surface area contributed by atoms with Gasteiger partial charge in [-0.05, 0) is 44.5 Å². The van der Waals surface area contributed by atoms with Crippen LogP contribution in [-0.2, 0) is 4.79 Å². The van der Waals surface area contributed by atoms with E-state index in [1.54, 1.807) is 4.90 Å². The second-order valence-corrected chi connectivity index (χ2v) is 7.91. The summed E-state index contributed by atoms with van der Waals surface area (Å²) >= 11 is 2.74. The number of aromatic amines is 1. The topological polar surface area (TPSA) is 66.1 Å². The van der Waals surface area contributed by atoms with E-state index in [9.17, 15) is 9.59 Å². The third-order valence-corrected chi connectivity index (χ3v) is 5.57. The SMILES string of the molecule is CCN(C(=O)CSc1nc2sc(C)cc2c(=O)[nH]1)c1cccc(C)c1. The third-order valence-electron chi connectivity index (χ3n) is 3.77. The zero-order chi connectivity index (χ0) is 18.0. The lowest BCUT2D eigenvalue weighted by Crippen LogP contribution is -2.32. The van der Waals surface area contributed by atoms with Crippen molar-refractivity contribution in [1.82, 2.24) is 9.97 Å². The van der Waals surface area contributed by atoms with Crippen LogP contribution in [0.1, 0.15) is 17.4 Å². The smallest absolute Gasteiger partial charge is 0.260 e. The standard InChI is InChI=1S/C18H19N3O2S2/c1-4-21(13-7-5-6-11(2)8-13)15(22)10-24-18-19-16(23)14-9-12(3)25-17(14)20-18/h5-9H,4,10H2,1-3H3,(H,19,20,23). The summed E-state index contributed by atoms with van der Waals surface area (Å²) in [5.41, 5.74) is 1.84. The fourth-order valence-electron chi connectivity index (χ4n) is 2.61. The molecule has 0 aliphatic carbocycles. The monoisotopic (exact) mass is 373 g/mol. The number of thiophene rings is 1. The van der Waals surface area contributed by atoms with Crippen molar-refractivity contribution < 1.29 is 4.79 Å². The van der Waals surface area contributed by atoms with Crippen molar-refractivity contribution in [2.75, 3.05) is 17.2 Å². The van der Waals surface area contributed by atoms with Crippen LogP contribution in [0.25, 0.3) is 10.2 Å². The van der Waals surface area contributed by atoms with Crippen LogP contribution < -0.4 is 10.5 Å². The zero-order valence-corrected chi connectivity index (χ0v) is 16.0. The molecular weight excluding hydrogens is 354 g/mol. The van der Waals surface area contributed by atoms with E-state index < -0.39 is 0 Å². The van der Waals surface area contributed by atoms with Gasteiger partial charge in [-0.15, -0.1) is 11.3 Å². The molecule has 1 amide bonds. The van der Waals surface area contributed by atoms with E-state index in [0.29, 0.717) is 21.9 Å². The van der Waals surface area contributed by atoms with E-state index in [1.165, 1.54) is 23.1 Å². The Labute approximate surface area is 154 Å². The number of carbonyl (C=O) groups excluding carboxylic acids is 1. The number of H-pyrrole nitrogens is 1. The van der Waals surface area contributed by atoms with Crippen LogP contribution in [0, 0.1) is 13.8 Å². The quantitative estimate of drug-likeness (QED) is 0.546. The first-order valence-electron chi connectivity index (χ1n) is 7.98. The van der Waals surface area contributed by atoms with Gasteiger partial charge in [-0.25, -0.2) is 4.98 Å². The summed E-state index contributed by atoms with van der Waals surface area (Å²) in [5.74, 6) is 0.212. The average molecular weight is 374 g/mol. The number of aryl methyl sites for hydroxylation is 2. The predicted octanol–water partition coefficient (Wildman–Crippen LogP) is 3.75. The fourth-order valence-corrected chi connectivity index (χ4v) is 4.28. The van der Waals surface area contributed by atoms with Crippen molar-refractivity contribution in [1.29, 1.82) is 0 Å². The summed E-state index contributed by atoms with van der Waals surface area (Å²) in [6.07, 6.45) is 0. The Hall–Kier alpha value is -2.12. The minimum Gasteiger partial charge on any atom is -0.312 e. The Morgan fingerprint density at radius 1 is 1.32 bits per heavy atom. The van der Waals surface area contributed by atoms with Gasteiger partial charge >= 0.3 is 0 Å². The van der Waals surface area contributed by atoms with Crippen molar-refractivity contribution in [3.05, 3.63) is 51.1 Å². The van der Waals surface area contributed by atoms with Crippen molar-refractivity contribution in [3.63, 3.8) is 0 Å². The minimum absolute atomic E-state index is 0.0109. The molecular formula is C18H19N3O2S2. The molecule has 1 aromatic carbocycles. The van der Waals surface area contributed by atoms with Gasteiger partial charge in [0, 0.05) is 17.1 Å². The Morgan fingerprint density at radius 3 is 2.84 bits per heavy atom. The van der Waals surface area contributed by atoms with E-state index in [-0.39, 0.29) is 17.2 Å². The number of thioether (sulfide) groups is 1. The predicted molar refractivity (Wildman–Crippen MR) is 105 cm³/mol. The van der Waals surface area contributed by atoms with Crippen LogP contribution in [0.5, 0.6) is 0 Å². The van der Waals surface area contributed by atoms with Gasteiger partial charge in [0.25, 0.3) is 5.56 Å². The molecule has 7 heteroatoms. The van der Waals surface area contributed by atoms with Gasteiger partial charge in [0.05, 0.1) is 11.1 Å². The molecule has 2 aromatic heterocycles. The lowest BCUT2D eigenvalue weighted by Gasteiger charge is -2.21. The van der Waals surface area contributed by atoms with E-state index >= 15 is 0 Å². The van der Waals surface area contributed by atoms with Gasteiger partial charge in [-0.2, -0.15) is 0 Å². The number of nitrogens with zero attached hydrogens (tertiary/aromatic N) is 2. The number of carbonyl (C=O) groups is 1. The number of aromatic nitrogens is 2. The van der Waals surface area contributed by atoms with Crippen LogP contribution in [0.2, 0.25) is 0 Å². The number of hydrogen-bond donors (Lipinski definition) is 1. The molecule has 5 nitrogen and oxygen atoms in total. The highest BCUT2D eigenvalue weighted by atomic mass is 32.2. The molecule has 3 aromatic rings. The highest BCUT2D eigenvalue weighted by molar-refractivity contribution is 7.99. The molecule has 130 valence electrons. The van der Waals surface area contributed by atoms with Crippen molar-refractivity contribution >= 4 is 44.9 Å². The molecule has 0 unspecified atom stereocenters. The molecule has 0 spiro atoms. The molecule has 25 heavy (non-hydrogen) atoms. The Bertz CT molecular complexity index is 978. The van der Waals surface area contributed by atoms with Crippen LogP contribution >= 0.6 is 23.1 Å². The first-order valence-corrected chi connectivity index (χ1v) is 9.78. The number of rotatable bonds is 5. The highest BCUT2D eigenvalue weighted by Crippen LogP contribution is 2.23. The second-order valence-electron chi connectivity index (χ2n) is 5.71. The van der Waals surface area contributed by atoms with Crippen molar-refractivity contribution in [2.45, 2.75) is 25.9 Å². The van der Waals surface area contributed by atoms with Crippen molar-refractivity contribution in [2.24, 2.45) is 0 Å². The zero-order valence-electron chi connectivity index (χ0n) is 14.3. The van der Waals surface area contributed by atoms with Gasteiger partial charge < -0.3 is 9.88 Å². The molecule has 0 aliphatic heterocycles. The maximum Gasteiger partial charge on any atom is 0.260 e. The lowest BCUT2D eigenvalue weighted by molar-refractivity contribution is -0.116. The number of hydrogen-bond acceptors (Lipinski definition) is 5. The van der Waals surface area contributed by atoms with Gasteiger partial charge in [0.2, 0.25) is 5.91 Å². The van der Waals surface area contributed by atoms with E-state index in [0.717, 1.165) is 16.1 Å². The third kappa shape index (κ3) is 3.93. The van der Waals surface area contributed by atoms with Gasteiger partial charge in [-0.1, -0.05) is 23.9 Å². The highest BCUT2D eigenvalue weighted by Gasteiger charge is 2.15. The molecule has 0 fully saturated rings. The van der Waals surface area contributed by atoms with Crippen molar-refractivity contribution in [3.8, 4) is 0 Å². The van der Waals surface area contributed by atoms with E-state index in [1.807, 2.05) is 51.1 Å². The van der Waals surface area contributed by atoms with Gasteiger partial charge in [0.15, 0.2) is 5.16 Å². The fraction of sp³-hybridized carbons (Fsp3) is 0.278. The maximum absolute atomic E-state index is 12.6. The molecule has 0 atom stereocenters. The molecule has 0 saturated carbocycles. The average Bonchev–Trinajstić information content (AvgIpc) is 2.95. The first-order chi connectivity index (χ1) is 12.0. The Morgan fingerprint density at radius 2 is 2.12 bits per heavy atom. The second kappa shape index (κ2) is 7.41. The molecule has 0 aliphatic rings. The van der Waals surface area contributed by atoms with Gasteiger partial charge in [-0.3, -0.25) is 9.59 Å². The largest absolute Gasteiger partial charge is 0.312 e. The summed E-state index contributed by atoms with van der Waals surface area (Å²) in [4.78, 5) is 35.4. The molecule has 0 radical (unpaired) electrons. The maximum atomic E-state index is 12.6. The minimum atomic E-state index is -0.157. The van der Waals surface area contributed by atoms with Gasteiger partial charge in [0.1, 0.15) is 4.83 Å². The number of nitrogens with one attached hydrogen (secondary N) is 1. The molecule has 0 bridgehead atoms. The number of amides is 1. The summed E-state index contributed by atoms with van der Waals surface area (Å²) in [5, 5.41) is 1.08.